The number of nitrogens with two attached hydrogens (primary N) is 1. The van der Waals surface area contributed by atoms with Gasteiger partial charge in [-0.1, -0.05) is 0 Å². The molecule has 0 aromatic carbocycles. The van der Waals surface area contributed by atoms with Crippen LogP contribution < -0.4 is 5.73 Å². The number of aromatic nitrogens is 2. The molecule has 0 unspecified atom stereocenters. The number of nitrogen functional groups attached to an aromatic ring is 1. The Morgan fingerprint density at radius 3 is 2.71 bits per heavy atom. The molecule has 1 fully saturated rings. The Labute approximate surface area is 99.5 Å². The molecule has 3 N–H and O–H groups in total. The minimum absolute atomic E-state index is 0.0482. The van der Waals surface area contributed by atoms with E-state index >= 15 is 0 Å². The second kappa shape index (κ2) is 4.67. The van der Waals surface area contributed by atoms with E-state index in [1.54, 1.807) is 0 Å². The molecule has 0 aliphatic carbocycles. The second-order valence-electron chi connectivity index (χ2n) is 4.40. The molecular formula is C11H16N4O2. The fourth-order valence-electron chi connectivity index (χ4n) is 2.28. The fraction of sp³-hybridized carbons (Fsp3) is 0.545. The smallest absolute Gasteiger partial charge is 0.354 e. The van der Waals surface area contributed by atoms with Gasteiger partial charge in [0.25, 0.3) is 0 Å². The number of hydrogen-bond acceptors (Lipinski definition) is 5. The Morgan fingerprint density at radius 1 is 1.47 bits per heavy atom. The van der Waals surface area contributed by atoms with Crippen LogP contribution in [0.5, 0.6) is 0 Å². The van der Waals surface area contributed by atoms with E-state index in [0.717, 1.165) is 25.9 Å². The van der Waals surface area contributed by atoms with Crippen molar-refractivity contribution < 1.29 is 9.90 Å². The number of hydrogen-bond donors (Lipinski definition) is 2. The van der Waals surface area contributed by atoms with Crippen LogP contribution in [-0.4, -0.2) is 46.1 Å². The maximum atomic E-state index is 11.1. The Hall–Kier alpha value is -1.69. The van der Waals surface area contributed by atoms with E-state index in [0.29, 0.717) is 11.4 Å². The summed E-state index contributed by atoms with van der Waals surface area (Å²) in [5, 5.41) is 9.12. The number of rotatable bonds is 2. The summed E-state index contributed by atoms with van der Waals surface area (Å²) in [4.78, 5) is 21.1. The molecule has 2 heterocycles. The topological polar surface area (TPSA) is 92.3 Å². The van der Waals surface area contributed by atoms with Crippen molar-refractivity contribution in [1.82, 2.24) is 14.9 Å². The van der Waals surface area contributed by atoms with Gasteiger partial charge in [-0.15, -0.1) is 0 Å². The minimum atomic E-state index is -1.03. The van der Waals surface area contributed by atoms with E-state index in [4.69, 9.17) is 10.8 Å². The zero-order valence-electron chi connectivity index (χ0n) is 9.76. The van der Waals surface area contributed by atoms with Gasteiger partial charge in [0.1, 0.15) is 12.1 Å². The van der Waals surface area contributed by atoms with Crippen LogP contribution in [0.1, 0.15) is 34.8 Å². The minimum Gasteiger partial charge on any atom is -0.476 e. The van der Waals surface area contributed by atoms with Crippen LogP contribution in [0.4, 0.5) is 5.82 Å². The average molecular weight is 236 g/mol. The Balaban J connectivity index is 2.33. The molecule has 6 nitrogen and oxygen atoms in total. The van der Waals surface area contributed by atoms with Gasteiger partial charge in [0.15, 0.2) is 5.69 Å². The lowest BCUT2D eigenvalue weighted by molar-refractivity contribution is 0.0687. The maximum absolute atomic E-state index is 11.1. The van der Waals surface area contributed by atoms with E-state index in [1.807, 2.05) is 0 Å². The third-order valence-corrected chi connectivity index (χ3v) is 3.24. The number of likely N-dealkylation sites (tertiary alicyclic amines) is 1. The molecule has 1 aromatic rings. The highest BCUT2D eigenvalue weighted by Crippen LogP contribution is 2.32. The number of anilines is 1. The first kappa shape index (κ1) is 11.8. The van der Waals surface area contributed by atoms with Crippen LogP contribution in [0, 0.1) is 0 Å². The first-order chi connectivity index (χ1) is 8.09. The maximum Gasteiger partial charge on any atom is 0.354 e. The SMILES string of the molecule is CN1CCC(c2c(N)ncnc2C(=O)O)CC1. The van der Waals surface area contributed by atoms with Gasteiger partial charge < -0.3 is 15.7 Å². The largest absolute Gasteiger partial charge is 0.476 e. The molecule has 1 aliphatic rings. The van der Waals surface area contributed by atoms with E-state index in [9.17, 15) is 4.79 Å². The van der Waals surface area contributed by atoms with Gasteiger partial charge in [-0.2, -0.15) is 0 Å². The van der Waals surface area contributed by atoms with Crippen molar-refractivity contribution in [2.45, 2.75) is 18.8 Å². The lowest BCUT2D eigenvalue weighted by Crippen LogP contribution is -2.30. The summed E-state index contributed by atoms with van der Waals surface area (Å²) in [7, 11) is 2.05. The van der Waals surface area contributed by atoms with Crippen molar-refractivity contribution in [3.63, 3.8) is 0 Å². The van der Waals surface area contributed by atoms with Gasteiger partial charge in [0, 0.05) is 5.56 Å². The molecule has 0 amide bonds. The molecule has 92 valence electrons. The molecule has 6 heteroatoms. The third kappa shape index (κ3) is 2.36. The van der Waals surface area contributed by atoms with Gasteiger partial charge in [-0.25, -0.2) is 14.8 Å². The molecule has 0 saturated carbocycles. The summed E-state index contributed by atoms with van der Waals surface area (Å²) in [5.41, 5.74) is 6.45. The highest BCUT2D eigenvalue weighted by atomic mass is 16.4. The van der Waals surface area contributed by atoms with Crippen molar-refractivity contribution in [3.8, 4) is 0 Å². The van der Waals surface area contributed by atoms with Crippen molar-refractivity contribution >= 4 is 11.8 Å². The summed E-state index contributed by atoms with van der Waals surface area (Å²) < 4.78 is 0. The summed E-state index contributed by atoms with van der Waals surface area (Å²) in [6.07, 6.45) is 3.00. The van der Waals surface area contributed by atoms with Gasteiger partial charge in [-0.3, -0.25) is 0 Å². The zero-order valence-corrected chi connectivity index (χ0v) is 9.76. The lowest BCUT2D eigenvalue weighted by Gasteiger charge is -2.29. The van der Waals surface area contributed by atoms with Crippen LogP contribution >= 0.6 is 0 Å². The Morgan fingerprint density at radius 2 is 2.12 bits per heavy atom. The van der Waals surface area contributed by atoms with Crippen LogP contribution in [-0.2, 0) is 0 Å². The van der Waals surface area contributed by atoms with Crippen molar-refractivity contribution in [3.05, 3.63) is 17.6 Å². The van der Waals surface area contributed by atoms with E-state index in [-0.39, 0.29) is 11.6 Å². The zero-order chi connectivity index (χ0) is 12.4. The highest BCUT2D eigenvalue weighted by molar-refractivity contribution is 5.88. The fourth-order valence-corrected chi connectivity index (χ4v) is 2.28. The van der Waals surface area contributed by atoms with Crippen molar-refractivity contribution in [2.24, 2.45) is 0 Å². The normalized spacial score (nSPS) is 18.2. The molecule has 1 aliphatic heterocycles. The third-order valence-electron chi connectivity index (χ3n) is 3.24. The van der Waals surface area contributed by atoms with E-state index in [2.05, 4.69) is 21.9 Å². The first-order valence-electron chi connectivity index (χ1n) is 5.61. The molecule has 1 aromatic heterocycles. The number of carboxylic acids is 1. The quantitative estimate of drug-likeness (QED) is 0.779. The lowest BCUT2D eigenvalue weighted by atomic mass is 9.88. The van der Waals surface area contributed by atoms with Crippen molar-refractivity contribution in [1.29, 1.82) is 0 Å². The Kier molecular flexibility index (Phi) is 3.23. The summed E-state index contributed by atoms with van der Waals surface area (Å²) in [5.74, 6) is -0.585. The number of piperidine rings is 1. The molecular weight excluding hydrogens is 220 g/mol. The van der Waals surface area contributed by atoms with E-state index < -0.39 is 5.97 Å². The summed E-state index contributed by atoms with van der Waals surface area (Å²) in [6.45, 7) is 1.89. The number of aromatic carboxylic acids is 1. The van der Waals surface area contributed by atoms with Crippen LogP contribution in [0.2, 0.25) is 0 Å². The van der Waals surface area contributed by atoms with Crippen LogP contribution in [0.15, 0.2) is 6.33 Å². The number of carbonyl (C=O) groups is 1. The standard InChI is InChI=1S/C11H16N4O2/c1-15-4-2-7(3-5-15)8-9(11(16)17)13-6-14-10(8)12/h6-7H,2-5H2,1H3,(H,16,17)(H2,12,13,14). The molecule has 1 saturated heterocycles. The van der Waals surface area contributed by atoms with Crippen LogP contribution in [0.25, 0.3) is 0 Å². The highest BCUT2D eigenvalue weighted by Gasteiger charge is 2.26. The molecule has 0 atom stereocenters. The monoisotopic (exact) mass is 236 g/mol. The van der Waals surface area contributed by atoms with Gasteiger partial charge in [0.2, 0.25) is 0 Å². The Bertz CT molecular complexity index is 427. The molecule has 0 bridgehead atoms. The van der Waals surface area contributed by atoms with Crippen molar-refractivity contribution in [2.75, 3.05) is 25.9 Å². The summed E-state index contributed by atoms with van der Waals surface area (Å²) in [6, 6.07) is 0. The molecule has 0 radical (unpaired) electrons. The predicted octanol–water partition coefficient (Wildman–Crippen LogP) is 0.566. The van der Waals surface area contributed by atoms with Gasteiger partial charge in [0.05, 0.1) is 0 Å². The van der Waals surface area contributed by atoms with Crippen LogP contribution in [0.3, 0.4) is 0 Å². The first-order valence-corrected chi connectivity index (χ1v) is 5.61. The number of carboxylic acid groups (broad SMARTS) is 1. The predicted molar refractivity (Wildman–Crippen MR) is 62.9 cm³/mol. The van der Waals surface area contributed by atoms with Gasteiger partial charge in [-0.05, 0) is 38.9 Å². The van der Waals surface area contributed by atoms with E-state index in [1.165, 1.54) is 6.33 Å². The molecule has 17 heavy (non-hydrogen) atoms. The summed E-state index contributed by atoms with van der Waals surface area (Å²) >= 11 is 0. The number of nitrogens with zero attached hydrogens (tertiary/aromatic N) is 3. The van der Waals surface area contributed by atoms with Gasteiger partial charge >= 0.3 is 5.97 Å². The molecule has 0 spiro atoms. The average Bonchev–Trinajstić information content (AvgIpc) is 2.30. The second-order valence-corrected chi connectivity index (χ2v) is 4.40. The molecule has 2 rings (SSSR count).